The van der Waals surface area contributed by atoms with Gasteiger partial charge in [0.05, 0.1) is 33.1 Å². The largest absolute Gasteiger partial charge is 0.575 e. The molecule has 4 N–H and O–H groups in total. The van der Waals surface area contributed by atoms with Crippen LogP contribution in [-0.4, -0.2) is 93.0 Å². The first-order valence-corrected chi connectivity index (χ1v) is 18.4. The number of fused-ring (bicyclic) bond motifs is 2. The van der Waals surface area contributed by atoms with E-state index in [4.69, 9.17) is 33.9 Å². The van der Waals surface area contributed by atoms with E-state index in [0.717, 1.165) is 0 Å². The van der Waals surface area contributed by atoms with Crippen molar-refractivity contribution in [2.45, 2.75) is 84.5 Å². The summed E-state index contributed by atoms with van der Waals surface area (Å²) in [5.41, 5.74) is 4.87. The summed E-state index contributed by atoms with van der Waals surface area (Å²) in [7, 11) is -0.115. The van der Waals surface area contributed by atoms with Crippen molar-refractivity contribution in [2.75, 3.05) is 33.2 Å². The highest BCUT2D eigenvalue weighted by molar-refractivity contribution is 7.34. The normalized spacial score (nSPS) is 21.6. The van der Waals surface area contributed by atoms with E-state index in [9.17, 15) is 24.7 Å². The van der Waals surface area contributed by atoms with Crippen LogP contribution in [0.15, 0.2) is 41.4 Å². The summed E-state index contributed by atoms with van der Waals surface area (Å²) < 4.78 is 39.6. The molecule has 5 rings (SSSR count). The molecule has 0 amide bonds. The minimum Gasteiger partial charge on any atom is -0.575 e. The molecule has 1 saturated heterocycles. The highest BCUT2D eigenvalue weighted by Crippen LogP contribution is 2.43. The molecule has 4 aromatic rings. The molecule has 1 aliphatic rings. The number of imidazole rings is 1. The smallest absolute Gasteiger partial charge is 0.395 e. The predicted octanol–water partition coefficient (Wildman–Crippen LogP) is 3.78. The van der Waals surface area contributed by atoms with E-state index < -0.39 is 56.1 Å². The summed E-state index contributed by atoms with van der Waals surface area (Å²) >= 11 is 0. The van der Waals surface area contributed by atoms with Crippen LogP contribution in [-0.2, 0) is 23.8 Å². The lowest BCUT2D eigenvalue weighted by Crippen LogP contribution is -2.44. The van der Waals surface area contributed by atoms with Gasteiger partial charge in [-0.25, -0.2) is 9.78 Å². The number of carbonyl (C=O) groups excluding carboxylic acids is 2. The summed E-state index contributed by atoms with van der Waals surface area (Å²) in [6.45, 7) is 12.2. The standard InChI is InChI=1S/C36H47N6O11P/c1-18(2)25(32(45)51-16-35(4,5)6)41-54(47)53-23-13-11-21-14-20(19(3)31(44)49-9)10-12-22(21)27(23)50-15-24-28(43)36(7,46)33(52-24)42-17-38-26-29(42)39-34(37)40-30(26)48-8/h10-14,17-19,24-25,28,33,43,46H,15-16H2,1-9H3,(H2,37,39,40)/t19-,24+,25-,28+,33?,36+/m0/s1. The average Bonchev–Trinajstić information content (AvgIpc) is 3.63. The Labute approximate surface area is 313 Å². The third-order valence-electron chi connectivity index (χ3n) is 8.93. The Morgan fingerprint density at radius 3 is 2.52 bits per heavy atom. The molecule has 54 heavy (non-hydrogen) atoms. The Hall–Kier alpha value is -4.67. The molecule has 0 saturated carbocycles. The monoisotopic (exact) mass is 770 g/mol. The summed E-state index contributed by atoms with van der Waals surface area (Å²) in [5, 5.41) is 24.0. The fourth-order valence-corrected chi connectivity index (χ4v) is 6.82. The molecule has 0 bridgehead atoms. The molecule has 1 aliphatic heterocycles. The Balaban J connectivity index is 1.48. The molecule has 0 radical (unpaired) electrons. The van der Waals surface area contributed by atoms with Gasteiger partial charge in [0.25, 0.3) is 0 Å². The van der Waals surface area contributed by atoms with Crippen LogP contribution < -0.4 is 24.6 Å². The van der Waals surface area contributed by atoms with Gasteiger partial charge in [0.15, 0.2) is 29.2 Å². The zero-order valence-electron chi connectivity index (χ0n) is 31.7. The highest BCUT2D eigenvalue weighted by atomic mass is 31.1. The van der Waals surface area contributed by atoms with Gasteiger partial charge >= 0.3 is 20.1 Å². The van der Waals surface area contributed by atoms with Crippen LogP contribution in [0.2, 0.25) is 0 Å². The molecule has 18 heteroatoms. The number of hydrogen-bond acceptors (Lipinski definition) is 16. The summed E-state index contributed by atoms with van der Waals surface area (Å²) in [6, 6.07) is 7.36. The number of benzene rings is 2. The number of nitrogens with zero attached hydrogens (tertiary/aromatic N) is 5. The number of aromatic nitrogens is 4. The van der Waals surface area contributed by atoms with Crippen LogP contribution in [0.3, 0.4) is 0 Å². The van der Waals surface area contributed by atoms with Gasteiger partial charge in [-0.05, 0) is 42.2 Å². The Morgan fingerprint density at radius 1 is 1.15 bits per heavy atom. The maximum atomic E-state index is 13.4. The van der Waals surface area contributed by atoms with Crippen LogP contribution in [0.1, 0.15) is 66.2 Å². The maximum absolute atomic E-state index is 13.4. The van der Waals surface area contributed by atoms with Gasteiger partial charge in [0, 0.05) is 5.39 Å². The van der Waals surface area contributed by atoms with Crippen LogP contribution >= 0.6 is 8.17 Å². The Morgan fingerprint density at radius 2 is 1.87 bits per heavy atom. The molecule has 292 valence electrons. The number of hydrogen-bond donors (Lipinski definition) is 3. The minimum atomic E-state index is -2.83. The molecular weight excluding hydrogens is 723 g/mol. The molecule has 0 spiro atoms. The maximum Gasteiger partial charge on any atom is 0.395 e. The lowest BCUT2D eigenvalue weighted by Gasteiger charge is -2.27. The summed E-state index contributed by atoms with van der Waals surface area (Å²) in [5.74, 6) is -1.81. The number of anilines is 1. The lowest BCUT2D eigenvalue weighted by atomic mass is 9.96. The van der Waals surface area contributed by atoms with Crippen LogP contribution in [0.5, 0.6) is 17.4 Å². The fraction of sp³-hybridized carbons (Fsp3) is 0.528. The zero-order chi connectivity index (χ0) is 39.7. The second-order valence-corrected chi connectivity index (χ2v) is 15.7. The van der Waals surface area contributed by atoms with Crippen molar-refractivity contribution >= 4 is 48.0 Å². The van der Waals surface area contributed by atoms with Crippen molar-refractivity contribution in [3.8, 4) is 17.4 Å². The molecule has 2 aromatic heterocycles. The Kier molecular flexibility index (Phi) is 12.0. The molecule has 0 aliphatic carbocycles. The van der Waals surface area contributed by atoms with E-state index in [1.807, 2.05) is 20.8 Å². The van der Waals surface area contributed by atoms with Crippen molar-refractivity contribution in [3.05, 3.63) is 42.2 Å². The second-order valence-electron chi connectivity index (χ2n) is 14.8. The highest BCUT2D eigenvalue weighted by Gasteiger charge is 2.54. The number of aliphatic hydroxyl groups is 2. The van der Waals surface area contributed by atoms with Crippen molar-refractivity contribution < 1.29 is 52.9 Å². The summed E-state index contributed by atoms with van der Waals surface area (Å²) in [4.78, 5) is 51.2. The summed E-state index contributed by atoms with van der Waals surface area (Å²) in [6.07, 6.45) is -2.43. The number of methoxy groups -OCH3 is 2. The molecule has 3 heterocycles. The van der Waals surface area contributed by atoms with Crippen molar-refractivity contribution in [3.63, 3.8) is 0 Å². The number of aliphatic hydroxyl groups excluding tert-OH is 1. The van der Waals surface area contributed by atoms with Crippen LogP contribution in [0.4, 0.5) is 5.95 Å². The van der Waals surface area contributed by atoms with E-state index >= 15 is 0 Å². The van der Waals surface area contributed by atoms with Crippen molar-refractivity contribution in [1.82, 2.24) is 19.5 Å². The molecule has 2 unspecified atom stereocenters. The second kappa shape index (κ2) is 16.0. The van der Waals surface area contributed by atoms with Gasteiger partial charge in [-0.1, -0.05) is 63.6 Å². The minimum absolute atomic E-state index is 0.0161. The fourth-order valence-electron chi connectivity index (χ4n) is 5.90. The van der Waals surface area contributed by atoms with E-state index in [-0.39, 0.29) is 59.0 Å². The first-order valence-electron chi connectivity index (χ1n) is 17.3. The number of ether oxygens (including phenoxy) is 5. The molecule has 7 atom stereocenters. The van der Waals surface area contributed by atoms with Gasteiger partial charge in [-0.2, -0.15) is 9.97 Å². The number of esters is 2. The van der Waals surface area contributed by atoms with Crippen molar-refractivity contribution in [1.29, 1.82) is 0 Å². The van der Waals surface area contributed by atoms with Gasteiger partial charge in [0.2, 0.25) is 17.6 Å². The number of rotatable bonds is 13. The quantitative estimate of drug-likeness (QED) is 0.130. The Bertz CT molecular complexity index is 2050. The van der Waals surface area contributed by atoms with E-state index in [0.29, 0.717) is 16.3 Å². The molecule has 1 fully saturated rings. The SMILES string of the molecule is COC(=O)[C@@H](C)c1ccc2c(OC[C@H]3OC(n4cnc5c(OC)nc(N)nc54)[C@](C)(O)[C@@H]3O)c(O/[P+]([O-])=N/[C@H](C(=O)OCC(C)(C)C)C(C)C)ccc2c1. The van der Waals surface area contributed by atoms with E-state index in [2.05, 4.69) is 19.7 Å². The van der Waals surface area contributed by atoms with Crippen LogP contribution in [0.25, 0.3) is 21.9 Å². The lowest BCUT2D eigenvalue weighted by molar-refractivity contribution is -0.170. The van der Waals surface area contributed by atoms with Gasteiger partial charge in [-0.3, -0.25) is 13.9 Å². The number of carbonyl (C=O) groups is 2. The first-order chi connectivity index (χ1) is 25.4. The molecular formula is C36H47N6O11P. The van der Waals surface area contributed by atoms with E-state index in [1.54, 1.807) is 45.0 Å². The van der Waals surface area contributed by atoms with E-state index in [1.165, 1.54) is 38.1 Å². The van der Waals surface area contributed by atoms with Gasteiger partial charge in [-0.15, -0.1) is 0 Å². The number of nitrogens with two attached hydrogens (primary N) is 1. The van der Waals surface area contributed by atoms with Gasteiger partial charge < -0.3 is 44.5 Å². The van der Waals surface area contributed by atoms with Crippen molar-refractivity contribution in [2.24, 2.45) is 16.1 Å². The predicted molar refractivity (Wildman–Crippen MR) is 196 cm³/mol. The molecule has 17 nitrogen and oxygen atoms in total. The average molecular weight is 771 g/mol. The molecule has 2 aromatic carbocycles. The first kappa shape index (κ1) is 40.5. The third-order valence-corrected chi connectivity index (χ3v) is 9.72. The topological polar surface area (TPSA) is 235 Å². The van der Waals surface area contributed by atoms with Gasteiger partial charge in [0.1, 0.15) is 24.4 Å². The zero-order valence-corrected chi connectivity index (χ0v) is 32.6. The third kappa shape index (κ3) is 8.50. The van der Waals surface area contributed by atoms with Crippen LogP contribution in [0, 0.1) is 11.3 Å². The number of nitrogen functional groups attached to an aromatic ring is 1.